The first-order chi connectivity index (χ1) is 54.4. The Hall–Kier alpha value is -10.2. The van der Waals surface area contributed by atoms with E-state index in [2.05, 4.69) is 58.5 Å². The molecule has 646 valence electrons. The summed E-state index contributed by atoms with van der Waals surface area (Å²) in [4.78, 5) is 226. The molecule has 0 aliphatic carbocycles. The molecule has 1 aromatic rings. The van der Waals surface area contributed by atoms with Crippen LogP contribution in [-0.2, 0) is 97.4 Å². The maximum atomic E-state index is 14.5. The summed E-state index contributed by atoms with van der Waals surface area (Å²) in [6.07, 6.45) is -13.9. The first-order valence-electron chi connectivity index (χ1n) is 37.9. The third-order valence-corrected chi connectivity index (χ3v) is 19.1. The molecule has 2 aliphatic heterocycles. The van der Waals surface area contributed by atoms with Crippen molar-refractivity contribution in [2.24, 2.45) is 34.8 Å². The minimum Gasteiger partial charge on any atom is -0.481 e. The molecular weight excluding hydrogens is 1520 g/mol. The maximum Gasteiger partial charge on any atom is 0.328 e. The van der Waals surface area contributed by atoms with Crippen molar-refractivity contribution in [3.63, 3.8) is 0 Å². The lowest BCUT2D eigenvalue weighted by atomic mass is 9.91. The Bertz CT molecular complexity index is 3430. The number of carboxylic acid groups (broad SMARTS) is 3. The van der Waals surface area contributed by atoms with Crippen molar-refractivity contribution in [1.82, 2.24) is 68.7 Å². The highest BCUT2D eigenvalue weighted by molar-refractivity contribution is 5.99. The van der Waals surface area contributed by atoms with Gasteiger partial charge in [0.1, 0.15) is 66.7 Å². The largest absolute Gasteiger partial charge is 0.481 e. The van der Waals surface area contributed by atoms with Crippen LogP contribution in [0.1, 0.15) is 136 Å². The van der Waals surface area contributed by atoms with Crippen molar-refractivity contribution in [3.05, 3.63) is 35.9 Å². The Morgan fingerprint density at radius 1 is 0.548 bits per heavy atom. The zero-order valence-corrected chi connectivity index (χ0v) is 64.8. The Labute approximate surface area is 662 Å². The second kappa shape index (κ2) is 51.6. The molecule has 18 atom stereocenters. The van der Waals surface area contributed by atoms with Crippen molar-refractivity contribution in [2.45, 2.75) is 234 Å². The second-order valence-electron chi connectivity index (χ2n) is 28.1. The zero-order valence-electron chi connectivity index (χ0n) is 64.8. The number of rotatable bonds is 54. The minimum absolute atomic E-state index is 0.0379. The number of nitrogens with two attached hydrogens (primary N) is 4. The van der Waals surface area contributed by atoms with Crippen LogP contribution < -0.4 is 86.7 Å². The fraction of sp³-hybridized carbons (Fsp3) is 0.676. The Kier molecular flexibility index (Phi) is 44.4. The van der Waals surface area contributed by atoms with Crippen LogP contribution in [0.4, 0.5) is 0 Å². The lowest BCUT2D eigenvalue weighted by Crippen LogP contribution is -2.60. The molecule has 44 nitrogen and oxygen atoms in total. The smallest absolute Gasteiger partial charge is 0.328 e. The van der Waals surface area contributed by atoms with Gasteiger partial charge in [0, 0.05) is 50.7 Å². The normalized spacial score (nSPS) is 19.6. The maximum absolute atomic E-state index is 14.5. The fourth-order valence-corrected chi connectivity index (χ4v) is 12.1. The van der Waals surface area contributed by atoms with E-state index in [-0.39, 0.29) is 82.6 Å². The topological polar surface area (TPSA) is 722 Å². The van der Waals surface area contributed by atoms with Gasteiger partial charge in [-0.1, -0.05) is 57.5 Å². The highest BCUT2D eigenvalue weighted by Gasteiger charge is 2.45. The van der Waals surface area contributed by atoms with Gasteiger partial charge < -0.3 is 142 Å². The lowest BCUT2D eigenvalue weighted by Gasteiger charge is -2.40. The monoisotopic (exact) mass is 1640 g/mol. The third-order valence-electron chi connectivity index (χ3n) is 19.1. The van der Waals surface area contributed by atoms with Crippen LogP contribution in [0, 0.1) is 11.8 Å². The van der Waals surface area contributed by atoms with Crippen LogP contribution in [-0.4, -0.2) is 303 Å². The van der Waals surface area contributed by atoms with E-state index in [0.29, 0.717) is 24.8 Å². The van der Waals surface area contributed by atoms with Gasteiger partial charge in [0.15, 0.2) is 12.3 Å². The van der Waals surface area contributed by atoms with E-state index in [9.17, 15) is 122 Å². The summed E-state index contributed by atoms with van der Waals surface area (Å²) in [6, 6.07) is -4.95. The Morgan fingerprint density at radius 3 is 1.56 bits per heavy atom. The van der Waals surface area contributed by atoms with E-state index in [1.165, 1.54) is 0 Å². The van der Waals surface area contributed by atoms with Crippen molar-refractivity contribution >= 4 is 101 Å². The number of likely N-dealkylation sites (tertiary alicyclic amines) is 1. The van der Waals surface area contributed by atoms with Crippen LogP contribution in [0.25, 0.3) is 0 Å². The van der Waals surface area contributed by atoms with Crippen LogP contribution in [0.5, 0.6) is 0 Å². The number of nitrogens with one attached hydrogen (secondary N) is 12. The Balaban J connectivity index is 1.84. The number of primary amides is 1. The average Bonchev–Trinajstić information content (AvgIpc) is 1.79. The standard InChI is InChI=1S/C71H115N17O27/c1-5-36(2)41(80-51(92)30-74)18-16-37(3)62(104)76-31-54(95)83-47(28-39-12-7-6-8-13-39)68(110)85-43(19-17-40(29-73)114-71-61(103)60(102)59(101)49(35-89)115-71)64(106)78-33-52(93)81-45(21-24-56(97)98)66(108)84-44(20-23-50(75)91)65(107)79-34-55(96)88-27-11-15-48(88)69(111)86-42(14-9-10-26-72)63(105)77-32-53(94)82-46(22-25-57(99)100)67(109)87-58(38(4)90)70(112)113/h6-8,12-13,36-38,40-49,58-61,71,89-90,101-103H,5,9-11,14-35,72-74H2,1-4H3,(H2,75,91)(H,76,104)(H,77,105)(H,78,106)(H,79,107)(H,80,92)(H,81,93)(H,82,94)(H,83,95)(H,84,108)(H,85,110)(H,86,111)(H,87,109)(H,97,98)(H,99,100)(H,112,113)/t36-,37+,38+,40+,41+,42-,43?,44-,45-,46-,47-,48-,49+,58-,59-,60-,61+,71+/m0/s1. The van der Waals surface area contributed by atoms with Gasteiger partial charge in [-0.3, -0.25) is 76.7 Å². The number of carbonyl (C=O) groups excluding carboxylic acids is 14. The number of aliphatic carboxylic acids is 3. The molecule has 2 fully saturated rings. The molecule has 0 saturated carbocycles. The Morgan fingerprint density at radius 2 is 1.05 bits per heavy atom. The van der Waals surface area contributed by atoms with Gasteiger partial charge in [-0.25, -0.2) is 4.79 Å². The summed E-state index contributed by atoms with van der Waals surface area (Å²) in [5.41, 5.74) is 23.1. The highest BCUT2D eigenvalue weighted by atomic mass is 16.7. The van der Waals surface area contributed by atoms with E-state index >= 15 is 0 Å². The van der Waals surface area contributed by atoms with Crippen molar-refractivity contribution in [1.29, 1.82) is 0 Å². The molecule has 0 bridgehead atoms. The number of amides is 14. The van der Waals surface area contributed by atoms with Crippen LogP contribution in [0.2, 0.25) is 0 Å². The molecule has 14 amide bonds. The number of nitrogens with zero attached hydrogens (tertiary/aromatic N) is 1. The van der Waals surface area contributed by atoms with E-state index in [4.69, 9.17) is 32.4 Å². The second-order valence-corrected chi connectivity index (χ2v) is 28.1. The molecule has 44 heteroatoms. The first-order valence-corrected chi connectivity index (χ1v) is 37.9. The molecule has 2 saturated heterocycles. The molecule has 1 aromatic carbocycles. The van der Waals surface area contributed by atoms with Gasteiger partial charge in [0.05, 0.1) is 51.5 Å². The molecule has 2 heterocycles. The first kappa shape index (κ1) is 99.0. The number of hydrogen-bond acceptors (Lipinski definition) is 27. The van der Waals surface area contributed by atoms with Crippen LogP contribution in [0.3, 0.4) is 0 Å². The summed E-state index contributed by atoms with van der Waals surface area (Å²) >= 11 is 0. The van der Waals surface area contributed by atoms with E-state index in [1.807, 2.05) is 19.2 Å². The van der Waals surface area contributed by atoms with E-state index in [1.54, 1.807) is 37.3 Å². The molecule has 2 aliphatic rings. The molecule has 1 unspecified atom stereocenters. The third kappa shape index (κ3) is 35.6. The summed E-state index contributed by atoms with van der Waals surface area (Å²) in [6.45, 7) is 1.89. The van der Waals surface area contributed by atoms with Gasteiger partial charge in [0.2, 0.25) is 82.7 Å². The van der Waals surface area contributed by atoms with Crippen molar-refractivity contribution in [3.8, 4) is 0 Å². The van der Waals surface area contributed by atoms with Crippen LogP contribution in [0.15, 0.2) is 30.3 Å². The molecule has 3 rings (SSSR count). The number of ether oxygens (including phenoxy) is 2. The van der Waals surface area contributed by atoms with Crippen molar-refractivity contribution in [2.75, 3.05) is 59.0 Å². The predicted octanol–water partition coefficient (Wildman–Crippen LogP) is -9.50. The molecule has 0 radical (unpaired) electrons. The molecule has 115 heavy (non-hydrogen) atoms. The number of carbonyl (C=O) groups is 17. The SMILES string of the molecule is CC[C@H](C)[C@@H](CC[C@@H](C)C(=O)NCC(=O)N[C@@H](Cc1ccccc1)C(=O)NC(CC[C@H](CN)O[C@@H]1O[C@H](CO)[C@H](O)[C@H](O)[C@H]1O)C(=O)NCC(=O)N[C@@H](CCC(=O)O)C(=O)N[C@@H](CCC(N)=O)C(=O)NCC(=O)N1CCC[C@H]1C(=O)N[C@@H](CCCCN)C(=O)NCC(=O)N[C@@H](CCC(=O)O)C(=O)N[C@H](C(=O)O)[C@@H](C)O)NC(=O)CN. The summed E-state index contributed by atoms with van der Waals surface area (Å²) < 4.78 is 11.3. The summed E-state index contributed by atoms with van der Waals surface area (Å²) in [7, 11) is 0. The van der Waals surface area contributed by atoms with E-state index in [0.717, 1.165) is 18.2 Å². The molecular formula is C71H115N17O27. The van der Waals surface area contributed by atoms with E-state index < -0.39 is 270 Å². The highest BCUT2D eigenvalue weighted by Crippen LogP contribution is 2.25. The fourth-order valence-electron chi connectivity index (χ4n) is 12.1. The zero-order chi connectivity index (χ0) is 86.2. The number of aliphatic hydroxyl groups is 5. The number of benzene rings is 1. The van der Waals surface area contributed by atoms with Crippen LogP contribution >= 0.6 is 0 Å². The van der Waals surface area contributed by atoms with Crippen molar-refractivity contribution < 1.29 is 132 Å². The molecule has 0 aromatic heterocycles. The quantitative estimate of drug-likeness (QED) is 0.0269. The lowest BCUT2D eigenvalue weighted by molar-refractivity contribution is -0.310. The molecule has 0 spiro atoms. The predicted molar refractivity (Wildman–Crippen MR) is 401 cm³/mol. The van der Waals surface area contributed by atoms with Gasteiger partial charge in [-0.2, -0.15) is 0 Å². The number of unbranched alkanes of at least 4 members (excludes halogenated alkanes) is 1. The van der Waals surface area contributed by atoms with Gasteiger partial charge in [-0.15, -0.1) is 0 Å². The van der Waals surface area contributed by atoms with Gasteiger partial charge in [0.25, 0.3) is 0 Å². The minimum atomic E-state index is -1.89. The molecule has 28 N–H and O–H groups in total. The van der Waals surface area contributed by atoms with Gasteiger partial charge >= 0.3 is 17.9 Å². The number of aliphatic hydroxyl groups excluding tert-OH is 5. The summed E-state index contributed by atoms with van der Waals surface area (Å²) in [5, 5.41) is 108. The van der Waals surface area contributed by atoms with Gasteiger partial charge in [-0.05, 0) is 102 Å². The number of carboxylic acids is 3. The average molecular weight is 1640 g/mol. The number of hydrogen-bond donors (Lipinski definition) is 24. The summed E-state index contributed by atoms with van der Waals surface area (Å²) in [5.74, 6) is -18.3.